The first-order valence-electron chi connectivity index (χ1n) is 10.4. The van der Waals surface area contributed by atoms with E-state index in [2.05, 4.69) is 52.3 Å². The Bertz CT molecular complexity index is 745. The number of rotatable bonds is 4. The van der Waals surface area contributed by atoms with Crippen LogP contribution in [0.15, 0.2) is 60.7 Å². The summed E-state index contributed by atoms with van der Waals surface area (Å²) in [7, 11) is 0. The molecule has 2 heterocycles. The number of para-hydroxylation sites is 1. The molecule has 2 saturated heterocycles. The first-order chi connectivity index (χ1) is 13.3. The number of piperidine rings is 2. The Morgan fingerprint density at radius 2 is 1.70 bits per heavy atom. The topological polar surface area (TPSA) is 23.6 Å². The maximum absolute atomic E-state index is 12.7. The number of amides is 1. The lowest BCUT2D eigenvalue weighted by Gasteiger charge is -2.47. The lowest BCUT2D eigenvalue weighted by Crippen LogP contribution is -2.54. The summed E-state index contributed by atoms with van der Waals surface area (Å²) in [6, 6.07) is 22.1. The summed E-state index contributed by atoms with van der Waals surface area (Å²) in [5.74, 6) is 0.902. The molecular weight excluding hydrogens is 332 g/mol. The minimum absolute atomic E-state index is 0.248. The van der Waals surface area contributed by atoms with Gasteiger partial charge in [-0.15, -0.1) is 0 Å². The van der Waals surface area contributed by atoms with Crippen LogP contribution in [0.2, 0.25) is 0 Å². The first kappa shape index (κ1) is 18.2. The van der Waals surface area contributed by atoms with Gasteiger partial charge in [0.1, 0.15) is 0 Å². The van der Waals surface area contributed by atoms with Crippen molar-refractivity contribution in [3.05, 3.63) is 66.2 Å². The van der Waals surface area contributed by atoms with E-state index in [0.29, 0.717) is 24.4 Å². The number of carbonyl (C=O) groups excluding carboxylic acids is 1. The molecule has 2 fully saturated rings. The van der Waals surface area contributed by atoms with Crippen molar-refractivity contribution in [2.75, 3.05) is 18.0 Å². The number of carbonyl (C=O) groups is 1. The predicted octanol–water partition coefficient (Wildman–Crippen LogP) is 4.84. The van der Waals surface area contributed by atoms with E-state index in [1.165, 1.54) is 18.4 Å². The molecule has 1 amide bonds. The molecule has 0 saturated carbocycles. The van der Waals surface area contributed by atoms with Gasteiger partial charge in [0.25, 0.3) is 0 Å². The number of nitrogens with zero attached hydrogens (tertiary/aromatic N) is 2. The van der Waals surface area contributed by atoms with Crippen LogP contribution in [0.5, 0.6) is 0 Å². The maximum atomic E-state index is 12.7. The fraction of sp³-hybridized carbons (Fsp3) is 0.458. The van der Waals surface area contributed by atoms with Gasteiger partial charge in [-0.1, -0.05) is 55.5 Å². The van der Waals surface area contributed by atoms with E-state index in [4.69, 9.17) is 0 Å². The number of fused-ring (bicyclic) bond motifs is 1. The van der Waals surface area contributed by atoms with E-state index >= 15 is 0 Å². The second-order valence-electron chi connectivity index (χ2n) is 7.96. The second kappa shape index (κ2) is 8.26. The Kier molecular flexibility index (Phi) is 5.58. The second-order valence-corrected chi connectivity index (χ2v) is 7.96. The van der Waals surface area contributed by atoms with E-state index in [9.17, 15) is 4.79 Å². The van der Waals surface area contributed by atoms with Gasteiger partial charge in [0.2, 0.25) is 5.91 Å². The third-order valence-corrected chi connectivity index (χ3v) is 6.35. The van der Waals surface area contributed by atoms with Crippen LogP contribution in [-0.4, -0.2) is 36.0 Å². The van der Waals surface area contributed by atoms with Crippen molar-refractivity contribution >= 4 is 11.6 Å². The number of hydrogen-bond acceptors (Lipinski definition) is 2. The van der Waals surface area contributed by atoms with Crippen molar-refractivity contribution in [3.63, 3.8) is 0 Å². The van der Waals surface area contributed by atoms with Crippen LogP contribution in [0.1, 0.15) is 50.5 Å². The van der Waals surface area contributed by atoms with Gasteiger partial charge in [0, 0.05) is 37.3 Å². The molecule has 0 bridgehead atoms. The van der Waals surface area contributed by atoms with Crippen LogP contribution in [0.4, 0.5) is 5.69 Å². The smallest absolute Gasteiger partial charge is 0.226 e. The third kappa shape index (κ3) is 3.93. The van der Waals surface area contributed by atoms with Gasteiger partial charge < -0.3 is 4.90 Å². The Labute approximate surface area is 163 Å². The average Bonchev–Trinajstić information content (AvgIpc) is 2.74. The van der Waals surface area contributed by atoms with Gasteiger partial charge >= 0.3 is 0 Å². The van der Waals surface area contributed by atoms with E-state index in [-0.39, 0.29) is 5.91 Å². The van der Waals surface area contributed by atoms with Crippen molar-refractivity contribution in [1.29, 1.82) is 0 Å². The molecule has 2 aliphatic rings. The molecule has 3 heteroatoms. The van der Waals surface area contributed by atoms with Crippen LogP contribution in [0.25, 0.3) is 0 Å². The fourth-order valence-corrected chi connectivity index (χ4v) is 4.94. The van der Waals surface area contributed by atoms with Crippen molar-refractivity contribution < 1.29 is 4.79 Å². The Balaban J connectivity index is 1.46. The minimum Gasteiger partial charge on any atom is -0.309 e. The molecule has 4 rings (SSSR count). The average molecular weight is 363 g/mol. The monoisotopic (exact) mass is 362 g/mol. The number of anilines is 1. The summed E-state index contributed by atoms with van der Waals surface area (Å²) in [5, 5.41) is 0. The Morgan fingerprint density at radius 1 is 1.00 bits per heavy atom. The lowest BCUT2D eigenvalue weighted by molar-refractivity contribution is -0.119. The van der Waals surface area contributed by atoms with Crippen molar-refractivity contribution in [2.24, 2.45) is 0 Å². The molecule has 2 aromatic rings. The van der Waals surface area contributed by atoms with Gasteiger partial charge in [-0.2, -0.15) is 0 Å². The molecular formula is C24H30N2O. The van der Waals surface area contributed by atoms with Crippen LogP contribution >= 0.6 is 0 Å². The SMILES string of the molecule is CCC(=O)N(c1ccccc1)C1CCN2CC(c3ccccc3)CCC2C1. The normalized spacial score (nSPS) is 25.6. The van der Waals surface area contributed by atoms with Gasteiger partial charge in [-0.25, -0.2) is 0 Å². The minimum atomic E-state index is 0.248. The van der Waals surface area contributed by atoms with Gasteiger partial charge in [-0.05, 0) is 49.3 Å². The van der Waals surface area contributed by atoms with Crippen LogP contribution in [0.3, 0.4) is 0 Å². The van der Waals surface area contributed by atoms with Crippen LogP contribution in [-0.2, 0) is 4.79 Å². The van der Waals surface area contributed by atoms with Gasteiger partial charge in [0.15, 0.2) is 0 Å². The highest BCUT2D eigenvalue weighted by Crippen LogP contribution is 2.36. The number of benzene rings is 2. The van der Waals surface area contributed by atoms with Crippen LogP contribution < -0.4 is 4.90 Å². The highest BCUT2D eigenvalue weighted by Gasteiger charge is 2.37. The maximum Gasteiger partial charge on any atom is 0.226 e. The predicted molar refractivity (Wildman–Crippen MR) is 111 cm³/mol. The molecule has 2 aromatic carbocycles. The molecule has 0 aromatic heterocycles. The Morgan fingerprint density at radius 3 is 2.41 bits per heavy atom. The summed E-state index contributed by atoms with van der Waals surface area (Å²) in [4.78, 5) is 17.5. The molecule has 142 valence electrons. The first-order valence-corrected chi connectivity index (χ1v) is 10.4. The van der Waals surface area contributed by atoms with Crippen molar-refractivity contribution in [1.82, 2.24) is 4.90 Å². The fourth-order valence-electron chi connectivity index (χ4n) is 4.94. The highest BCUT2D eigenvalue weighted by atomic mass is 16.2. The zero-order valence-electron chi connectivity index (χ0n) is 16.3. The van der Waals surface area contributed by atoms with Gasteiger partial charge in [-0.3, -0.25) is 9.69 Å². The third-order valence-electron chi connectivity index (χ3n) is 6.35. The summed E-state index contributed by atoms with van der Waals surface area (Å²) in [6.45, 7) is 4.23. The van der Waals surface area contributed by atoms with E-state index in [1.807, 2.05) is 25.1 Å². The van der Waals surface area contributed by atoms with E-state index in [0.717, 1.165) is 31.6 Å². The van der Waals surface area contributed by atoms with E-state index < -0.39 is 0 Å². The lowest BCUT2D eigenvalue weighted by atomic mass is 9.82. The van der Waals surface area contributed by atoms with Crippen molar-refractivity contribution in [3.8, 4) is 0 Å². The standard InChI is InChI=1S/C24H30N2O/c1-2-24(27)26(21-11-7-4-8-12-21)23-15-16-25-18-20(13-14-22(25)17-23)19-9-5-3-6-10-19/h3-12,20,22-23H,2,13-18H2,1H3. The van der Waals surface area contributed by atoms with Crippen molar-refractivity contribution in [2.45, 2.75) is 57.0 Å². The number of hydrogen-bond donors (Lipinski definition) is 0. The Hall–Kier alpha value is -2.13. The summed E-state index contributed by atoms with van der Waals surface area (Å²) in [6.07, 6.45) is 5.22. The zero-order chi connectivity index (χ0) is 18.6. The molecule has 0 radical (unpaired) electrons. The molecule has 0 aliphatic carbocycles. The van der Waals surface area contributed by atoms with E-state index in [1.54, 1.807) is 0 Å². The molecule has 3 unspecified atom stereocenters. The molecule has 3 atom stereocenters. The molecule has 2 aliphatic heterocycles. The quantitative estimate of drug-likeness (QED) is 0.777. The summed E-state index contributed by atoms with van der Waals surface area (Å²) < 4.78 is 0. The zero-order valence-corrected chi connectivity index (χ0v) is 16.3. The van der Waals surface area contributed by atoms with Crippen LogP contribution in [0, 0.1) is 0 Å². The summed E-state index contributed by atoms with van der Waals surface area (Å²) >= 11 is 0. The largest absolute Gasteiger partial charge is 0.309 e. The molecule has 0 N–H and O–H groups in total. The van der Waals surface area contributed by atoms with Gasteiger partial charge in [0.05, 0.1) is 0 Å². The molecule has 0 spiro atoms. The molecule has 27 heavy (non-hydrogen) atoms. The summed E-state index contributed by atoms with van der Waals surface area (Å²) in [5.41, 5.74) is 2.53. The highest BCUT2D eigenvalue weighted by molar-refractivity contribution is 5.93. The molecule has 3 nitrogen and oxygen atoms in total.